The van der Waals surface area contributed by atoms with E-state index in [-0.39, 0.29) is 24.4 Å². The maximum Gasteiger partial charge on any atom is 0.223 e. The van der Waals surface area contributed by atoms with Crippen LogP contribution in [0.4, 0.5) is 0 Å². The summed E-state index contributed by atoms with van der Waals surface area (Å²) in [6, 6.07) is 10.6. The van der Waals surface area contributed by atoms with E-state index in [9.17, 15) is 4.79 Å². The molecule has 1 aliphatic heterocycles. The molecule has 1 aromatic carbocycles. The number of benzene rings is 1. The van der Waals surface area contributed by atoms with Gasteiger partial charge in [0.1, 0.15) is 0 Å². The van der Waals surface area contributed by atoms with E-state index >= 15 is 0 Å². The minimum Gasteiger partial charge on any atom is -0.338 e. The number of amides is 1. The van der Waals surface area contributed by atoms with E-state index in [0.717, 1.165) is 25.8 Å². The predicted octanol–water partition coefficient (Wildman–Crippen LogP) is 2.94. The van der Waals surface area contributed by atoms with Crippen LogP contribution in [0.25, 0.3) is 0 Å². The highest BCUT2D eigenvalue weighted by atomic mass is 35.5. The molecule has 1 aliphatic rings. The van der Waals surface area contributed by atoms with Crippen LogP contribution in [-0.4, -0.2) is 29.9 Å². The third-order valence-electron chi connectivity index (χ3n) is 4.15. The zero-order valence-electron chi connectivity index (χ0n) is 12.1. The van der Waals surface area contributed by atoms with Gasteiger partial charge >= 0.3 is 0 Å². The summed E-state index contributed by atoms with van der Waals surface area (Å²) in [5.41, 5.74) is 7.01. The van der Waals surface area contributed by atoms with Gasteiger partial charge in [-0.1, -0.05) is 37.3 Å². The Hall–Kier alpha value is -1.06. The molecule has 2 unspecified atom stereocenters. The van der Waals surface area contributed by atoms with Crippen LogP contribution in [0.1, 0.15) is 44.1 Å². The van der Waals surface area contributed by atoms with E-state index in [1.54, 1.807) is 0 Å². The number of hydrogen-bond acceptors (Lipinski definition) is 2. The van der Waals surface area contributed by atoms with Crippen LogP contribution in [0.2, 0.25) is 0 Å². The molecule has 4 heteroatoms. The van der Waals surface area contributed by atoms with Crippen molar-refractivity contribution in [2.45, 2.75) is 44.6 Å². The maximum atomic E-state index is 12.4. The van der Waals surface area contributed by atoms with Gasteiger partial charge in [0.15, 0.2) is 0 Å². The van der Waals surface area contributed by atoms with E-state index in [1.807, 2.05) is 23.1 Å². The monoisotopic (exact) mass is 296 g/mol. The number of nitrogens with two attached hydrogens (primary N) is 1. The van der Waals surface area contributed by atoms with E-state index in [2.05, 4.69) is 19.1 Å². The summed E-state index contributed by atoms with van der Waals surface area (Å²) >= 11 is 0. The van der Waals surface area contributed by atoms with E-state index in [1.165, 1.54) is 5.56 Å². The van der Waals surface area contributed by atoms with Gasteiger partial charge < -0.3 is 10.6 Å². The van der Waals surface area contributed by atoms with Crippen LogP contribution < -0.4 is 5.73 Å². The largest absolute Gasteiger partial charge is 0.338 e. The van der Waals surface area contributed by atoms with Crippen LogP contribution in [-0.2, 0) is 4.79 Å². The lowest BCUT2D eigenvalue weighted by Gasteiger charge is -2.26. The van der Waals surface area contributed by atoms with Gasteiger partial charge in [-0.3, -0.25) is 4.79 Å². The molecular weight excluding hydrogens is 272 g/mol. The molecule has 20 heavy (non-hydrogen) atoms. The summed E-state index contributed by atoms with van der Waals surface area (Å²) < 4.78 is 0. The Kier molecular flexibility index (Phi) is 7.03. The molecule has 3 nitrogen and oxygen atoms in total. The highest BCUT2D eigenvalue weighted by molar-refractivity contribution is 5.85. The van der Waals surface area contributed by atoms with Gasteiger partial charge in [-0.15, -0.1) is 12.4 Å². The second kappa shape index (κ2) is 8.28. The maximum absolute atomic E-state index is 12.4. The van der Waals surface area contributed by atoms with Crippen molar-refractivity contribution in [3.05, 3.63) is 35.9 Å². The quantitative estimate of drug-likeness (QED) is 0.908. The second-order valence-corrected chi connectivity index (χ2v) is 5.34. The highest BCUT2D eigenvalue weighted by Gasteiger charge is 2.28. The van der Waals surface area contributed by atoms with Gasteiger partial charge in [-0.05, 0) is 30.7 Å². The zero-order chi connectivity index (χ0) is 13.7. The van der Waals surface area contributed by atoms with Crippen molar-refractivity contribution in [1.82, 2.24) is 4.90 Å². The van der Waals surface area contributed by atoms with Gasteiger partial charge in [-0.2, -0.15) is 0 Å². The first kappa shape index (κ1) is 17.0. The average molecular weight is 297 g/mol. The van der Waals surface area contributed by atoms with Crippen LogP contribution in [0.15, 0.2) is 30.3 Å². The number of carbonyl (C=O) groups excluding carboxylic acids is 1. The lowest BCUT2D eigenvalue weighted by molar-refractivity contribution is -0.132. The molecule has 0 aromatic heterocycles. The number of hydrogen-bond donors (Lipinski definition) is 1. The summed E-state index contributed by atoms with van der Waals surface area (Å²) in [4.78, 5) is 14.4. The van der Waals surface area contributed by atoms with E-state index < -0.39 is 0 Å². The van der Waals surface area contributed by atoms with Gasteiger partial charge in [-0.25, -0.2) is 0 Å². The molecule has 0 spiro atoms. The van der Waals surface area contributed by atoms with Crippen molar-refractivity contribution in [3.63, 3.8) is 0 Å². The SMILES string of the molecule is CCC(CC(=O)N1CCCC1CN)c1ccccc1.Cl. The minimum absolute atomic E-state index is 0. The Balaban J connectivity index is 0.00000200. The number of rotatable bonds is 5. The first-order valence-corrected chi connectivity index (χ1v) is 7.30. The van der Waals surface area contributed by atoms with Crippen molar-refractivity contribution < 1.29 is 4.79 Å². The summed E-state index contributed by atoms with van der Waals surface area (Å²) in [5.74, 6) is 0.594. The fourth-order valence-corrected chi connectivity index (χ4v) is 2.96. The lowest BCUT2D eigenvalue weighted by atomic mass is 9.92. The second-order valence-electron chi connectivity index (χ2n) is 5.34. The van der Waals surface area contributed by atoms with Crippen molar-refractivity contribution in [2.24, 2.45) is 5.73 Å². The van der Waals surface area contributed by atoms with Crippen molar-refractivity contribution >= 4 is 18.3 Å². The van der Waals surface area contributed by atoms with Crippen LogP contribution >= 0.6 is 12.4 Å². The van der Waals surface area contributed by atoms with Gasteiger partial charge in [0.2, 0.25) is 5.91 Å². The van der Waals surface area contributed by atoms with E-state index in [4.69, 9.17) is 5.73 Å². The molecule has 1 fully saturated rings. The fourth-order valence-electron chi connectivity index (χ4n) is 2.96. The average Bonchev–Trinajstić information content (AvgIpc) is 2.94. The predicted molar refractivity (Wildman–Crippen MR) is 85.1 cm³/mol. The fraction of sp³-hybridized carbons (Fsp3) is 0.562. The number of nitrogens with zero attached hydrogens (tertiary/aromatic N) is 1. The van der Waals surface area contributed by atoms with Crippen LogP contribution in [0, 0.1) is 0 Å². The Morgan fingerprint density at radius 3 is 2.70 bits per heavy atom. The Morgan fingerprint density at radius 2 is 2.10 bits per heavy atom. The molecule has 2 rings (SSSR count). The van der Waals surface area contributed by atoms with Gasteiger partial charge in [0, 0.05) is 25.6 Å². The van der Waals surface area contributed by atoms with Gasteiger partial charge in [0.25, 0.3) is 0 Å². The Labute approximate surface area is 127 Å². The van der Waals surface area contributed by atoms with Crippen LogP contribution in [0.5, 0.6) is 0 Å². The zero-order valence-corrected chi connectivity index (χ0v) is 12.9. The number of carbonyl (C=O) groups is 1. The molecule has 0 bridgehead atoms. The summed E-state index contributed by atoms with van der Waals surface area (Å²) in [6.45, 7) is 3.62. The highest BCUT2D eigenvalue weighted by Crippen LogP contribution is 2.26. The van der Waals surface area contributed by atoms with Crippen LogP contribution in [0.3, 0.4) is 0 Å². The Bertz CT molecular complexity index is 410. The number of halogens is 1. The molecule has 1 saturated heterocycles. The molecule has 1 aromatic rings. The normalized spacial score (nSPS) is 19.5. The first-order valence-electron chi connectivity index (χ1n) is 7.30. The smallest absolute Gasteiger partial charge is 0.223 e. The lowest BCUT2D eigenvalue weighted by Crippen LogP contribution is -2.40. The molecule has 1 heterocycles. The molecule has 0 saturated carbocycles. The first-order chi connectivity index (χ1) is 9.26. The molecule has 0 aliphatic carbocycles. The summed E-state index contributed by atoms with van der Waals surface area (Å²) in [6.07, 6.45) is 3.76. The van der Waals surface area contributed by atoms with Gasteiger partial charge in [0.05, 0.1) is 0 Å². The summed E-state index contributed by atoms with van der Waals surface area (Å²) in [7, 11) is 0. The molecule has 2 N–H and O–H groups in total. The molecule has 1 amide bonds. The molecule has 0 radical (unpaired) electrons. The molecule has 2 atom stereocenters. The van der Waals surface area contributed by atoms with E-state index in [0.29, 0.717) is 18.9 Å². The minimum atomic E-state index is 0. The third kappa shape index (κ3) is 3.97. The molecular formula is C16H25ClN2O. The number of likely N-dealkylation sites (tertiary alicyclic amines) is 1. The standard InChI is InChI=1S/C16H24N2O.ClH/c1-2-13(14-7-4-3-5-8-14)11-16(19)18-10-6-9-15(18)12-17;/h3-5,7-8,13,15H,2,6,9-12,17H2,1H3;1H. The van der Waals surface area contributed by atoms with Crippen molar-refractivity contribution in [3.8, 4) is 0 Å². The Morgan fingerprint density at radius 1 is 1.40 bits per heavy atom. The van der Waals surface area contributed by atoms with Crippen molar-refractivity contribution in [2.75, 3.05) is 13.1 Å². The summed E-state index contributed by atoms with van der Waals surface area (Å²) in [5, 5.41) is 0. The topological polar surface area (TPSA) is 46.3 Å². The van der Waals surface area contributed by atoms with Crippen molar-refractivity contribution in [1.29, 1.82) is 0 Å². The third-order valence-corrected chi connectivity index (χ3v) is 4.15. The molecule has 112 valence electrons.